The largest absolute Gasteiger partial charge is 0.497 e. The second-order valence-corrected chi connectivity index (χ2v) is 8.00. The average Bonchev–Trinajstić information content (AvgIpc) is 3.05. The molecule has 1 amide bonds. The molecule has 0 aliphatic rings. The SMILES string of the molecule is COc1ccc(NC(=O)n2ccc3ccc(S(=O)(=O)N(C)C)cc32)cc1. The fourth-order valence-corrected chi connectivity index (χ4v) is 3.44. The highest BCUT2D eigenvalue weighted by molar-refractivity contribution is 7.89. The van der Waals surface area contributed by atoms with Crippen molar-refractivity contribution in [2.45, 2.75) is 4.90 Å². The summed E-state index contributed by atoms with van der Waals surface area (Å²) in [5.41, 5.74) is 1.12. The first-order valence-corrected chi connectivity index (χ1v) is 9.26. The highest BCUT2D eigenvalue weighted by Gasteiger charge is 2.19. The van der Waals surface area contributed by atoms with Crippen molar-refractivity contribution in [3.63, 3.8) is 0 Å². The van der Waals surface area contributed by atoms with Crippen molar-refractivity contribution in [3.8, 4) is 5.75 Å². The molecule has 1 N–H and O–H groups in total. The Balaban J connectivity index is 1.95. The van der Waals surface area contributed by atoms with Gasteiger partial charge >= 0.3 is 6.03 Å². The lowest BCUT2D eigenvalue weighted by atomic mass is 10.2. The Morgan fingerprint density at radius 2 is 1.77 bits per heavy atom. The van der Waals surface area contributed by atoms with Crippen LogP contribution in [0.5, 0.6) is 5.75 Å². The van der Waals surface area contributed by atoms with Gasteiger partial charge in [-0.05, 0) is 42.5 Å². The molecule has 26 heavy (non-hydrogen) atoms. The van der Waals surface area contributed by atoms with Gasteiger partial charge < -0.3 is 10.1 Å². The standard InChI is InChI=1S/C18H19N3O4S/c1-20(2)26(23,24)16-9-4-13-10-11-21(17(13)12-16)18(22)19-14-5-7-15(25-3)8-6-14/h4-12H,1-3H3,(H,19,22). The maximum absolute atomic E-state index is 12.6. The fourth-order valence-electron chi connectivity index (χ4n) is 2.51. The molecule has 136 valence electrons. The summed E-state index contributed by atoms with van der Waals surface area (Å²) >= 11 is 0. The molecule has 0 atom stereocenters. The van der Waals surface area contributed by atoms with E-state index < -0.39 is 10.0 Å². The van der Waals surface area contributed by atoms with E-state index in [1.165, 1.54) is 30.8 Å². The molecule has 0 radical (unpaired) electrons. The van der Waals surface area contributed by atoms with Crippen molar-refractivity contribution in [2.24, 2.45) is 0 Å². The van der Waals surface area contributed by atoms with E-state index >= 15 is 0 Å². The van der Waals surface area contributed by atoms with E-state index in [-0.39, 0.29) is 10.9 Å². The first kappa shape index (κ1) is 18.0. The lowest BCUT2D eigenvalue weighted by molar-refractivity contribution is 0.254. The van der Waals surface area contributed by atoms with Crippen LogP contribution in [0.2, 0.25) is 0 Å². The number of rotatable bonds is 4. The van der Waals surface area contributed by atoms with E-state index in [0.29, 0.717) is 17.0 Å². The normalized spacial score (nSPS) is 11.7. The monoisotopic (exact) mass is 373 g/mol. The molecule has 0 aliphatic heterocycles. The molecule has 0 bridgehead atoms. The molecule has 1 heterocycles. The Bertz CT molecular complexity index is 1050. The quantitative estimate of drug-likeness (QED) is 0.762. The Hall–Kier alpha value is -2.84. The third-order valence-electron chi connectivity index (χ3n) is 4.00. The number of carbonyl (C=O) groups is 1. The third kappa shape index (κ3) is 3.29. The van der Waals surface area contributed by atoms with Gasteiger partial charge in [0.05, 0.1) is 17.5 Å². The molecule has 1 aromatic heterocycles. The van der Waals surface area contributed by atoms with Crippen LogP contribution in [0.25, 0.3) is 10.9 Å². The minimum atomic E-state index is -3.58. The van der Waals surface area contributed by atoms with Gasteiger partial charge in [-0.15, -0.1) is 0 Å². The van der Waals surface area contributed by atoms with Crippen LogP contribution in [-0.4, -0.2) is 44.5 Å². The highest BCUT2D eigenvalue weighted by Crippen LogP contribution is 2.23. The van der Waals surface area contributed by atoms with Gasteiger partial charge in [-0.25, -0.2) is 17.5 Å². The fraction of sp³-hybridized carbons (Fsp3) is 0.167. The molecule has 0 unspecified atom stereocenters. The summed E-state index contributed by atoms with van der Waals surface area (Å²) in [5.74, 6) is 0.688. The van der Waals surface area contributed by atoms with Crippen LogP contribution in [0.15, 0.2) is 59.6 Å². The van der Waals surface area contributed by atoms with Gasteiger partial charge in [0.1, 0.15) is 5.75 Å². The van der Waals surface area contributed by atoms with E-state index in [0.717, 1.165) is 9.69 Å². The van der Waals surface area contributed by atoms with Gasteiger partial charge in [0.15, 0.2) is 0 Å². The van der Waals surface area contributed by atoms with Gasteiger partial charge in [-0.2, -0.15) is 0 Å². The predicted molar refractivity (Wildman–Crippen MR) is 100 cm³/mol. The van der Waals surface area contributed by atoms with E-state index in [4.69, 9.17) is 4.74 Å². The van der Waals surface area contributed by atoms with E-state index in [2.05, 4.69) is 5.32 Å². The summed E-state index contributed by atoms with van der Waals surface area (Å²) in [7, 11) is 0.922. The molecule has 0 saturated carbocycles. The van der Waals surface area contributed by atoms with Crippen molar-refractivity contribution in [3.05, 3.63) is 54.7 Å². The van der Waals surface area contributed by atoms with Gasteiger partial charge in [-0.1, -0.05) is 6.07 Å². The maximum atomic E-state index is 12.6. The van der Waals surface area contributed by atoms with Gasteiger partial charge in [0, 0.05) is 31.4 Å². The average molecular weight is 373 g/mol. The van der Waals surface area contributed by atoms with Crippen LogP contribution in [-0.2, 0) is 10.0 Å². The number of aromatic nitrogens is 1. The summed E-state index contributed by atoms with van der Waals surface area (Å²) in [6.07, 6.45) is 1.61. The van der Waals surface area contributed by atoms with E-state index in [1.807, 2.05) is 0 Å². The van der Waals surface area contributed by atoms with Crippen LogP contribution in [0.3, 0.4) is 0 Å². The number of hydrogen-bond acceptors (Lipinski definition) is 4. The van der Waals surface area contributed by atoms with Gasteiger partial charge in [0.25, 0.3) is 0 Å². The second kappa shape index (κ2) is 6.81. The molecule has 0 aliphatic carbocycles. The van der Waals surface area contributed by atoms with Crippen molar-refractivity contribution >= 4 is 32.6 Å². The zero-order valence-electron chi connectivity index (χ0n) is 14.6. The summed E-state index contributed by atoms with van der Waals surface area (Å²) in [5, 5.41) is 3.55. The number of sulfonamides is 1. The molecular formula is C18H19N3O4S. The molecule has 7 nitrogen and oxygen atoms in total. The topological polar surface area (TPSA) is 80.6 Å². The first-order valence-electron chi connectivity index (χ1n) is 7.82. The minimum absolute atomic E-state index is 0.132. The molecule has 3 rings (SSSR count). The van der Waals surface area contributed by atoms with Crippen LogP contribution < -0.4 is 10.1 Å². The summed E-state index contributed by atoms with van der Waals surface area (Å²) in [4.78, 5) is 12.7. The smallest absolute Gasteiger partial charge is 0.330 e. The number of anilines is 1. The maximum Gasteiger partial charge on any atom is 0.330 e. The number of benzene rings is 2. The summed E-state index contributed by atoms with van der Waals surface area (Å²) in [6.45, 7) is 0. The van der Waals surface area contributed by atoms with Crippen molar-refractivity contribution in [1.29, 1.82) is 0 Å². The number of fused-ring (bicyclic) bond motifs is 1. The second-order valence-electron chi connectivity index (χ2n) is 5.85. The molecular weight excluding hydrogens is 354 g/mol. The van der Waals surface area contributed by atoms with Gasteiger partial charge in [0.2, 0.25) is 10.0 Å². The Kier molecular flexibility index (Phi) is 4.71. The summed E-state index contributed by atoms with van der Waals surface area (Å²) < 4.78 is 32.3. The zero-order chi connectivity index (χ0) is 18.9. The summed E-state index contributed by atoms with van der Waals surface area (Å²) in [6, 6.07) is 13.0. The van der Waals surface area contributed by atoms with Crippen LogP contribution >= 0.6 is 0 Å². The molecule has 3 aromatic rings. The molecule has 2 aromatic carbocycles. The number of carbonyl (C=O) groups excluding carboxylic acids is 1. The number of ether oxygens (including phenoxy) is 1. The van der Waals surface area contributed by atoms with Crippen molar-refractivity contribution < 1.29 is 17.9 Å². The van der Waals surface area contributed by atoms with Crippen LogP contribution in [0, 0.1) is 0 Å². The Morgan fingerprint density at radius 1 is 1.08 bits per heavy atom. The third-order valence-corrected chi connectivity index (χ3v) is 5.81. The lowest BCUT2D eigenvalue weighted by Crippen LogP contribution is -2.22. The van der Waals surface area contributed by atoms with E-state index in [1.54, 1.807) is 49.7 Å². The number of methoxy groups -OCH3 is 1. The molecule has 0 spiro atoms. The Morgan fingerprint density at radius 3 is 2.38 bits per heavy atom. The lowest BCUT2D eigenvalue weighted by Gasteiger charge is -2.12. The zero-order valence-corrected chi connectivity index (χ0v) is 15.4. The minimum Gasteiger partial charge on any atom is -0.497 e. The van der Waals surface area contributed by atoms with E-state index in [9.17, 15) is 13.2 Å². The predicted octanol–water partition coefficient (Wildman–Crippen LogP) is 2.98. The van der Waals surface area contributed by atoms with Crippen LogP contribution in [0.4, 0.5) is 10.5 Å². The molecule has 0 fully saturated rings. The van der Waals surface area contributed by atoms with Crippen LogP contribution in [0.1, 0.15) is 0 Å². The van der Waals surface area contributed by atoms with Crippen molar-refractivity contribution in [2.75, 3.05) is 26.5 Å². The highest BCUT2D eigenvalue weighted by atomic mass is 32.2. The molecule has 8 heteroatoms. The van der Waals surface area contributed by atoms with Gasteiger partial charge in [-0.3, -0.25) is 4.57 Å². The number of amides is 1. The molecule has 0 saturated heterocycles. The number of nitrogens with one attached hydrogen (secondary N) is 1. The first-order chi connectivity index (χ1) is 12.3. The Labute approximate surface area is 151 Å². The number of nitrogens with zero attached hydrogens (tertiary/aromatic N) is 2. The number of hydrogen-bond donors (Lipinski definition) is 1. The van der Waals surface area contributed by atoms with Crippen molar-refractivity contribution in [1.82, 2.24) is 8.87 Å².